The topological polar surface area (TPSA) is 9.23 Å². The molecule has 182 valence electrons. The van der Waals surface area contributed by atoms with Crippen LogP contribution in [0.1, 0.15) is 63.9 Å². The summed E-state index contributed by atoms with van der Waals surface area (Å²) in [6.07, 6.45) is 6.83. The van der Waals surface area contributed by atoms with Gasteiger partial charge in [0.1, 0.15) is 11.6 Å². The molecule has 5 heteroatoms. The lowest BCUT2D eigenvalue weighted by molar-refractivity contribution is -0.274. The Bertz CT molecular complexity index is 1080. The third-order valence-electron chi connectivity index (χ3n) is 7.19. The molecule has 0 N–H and O–H groups in total. The number of aryl methyl sites for hydroxylation is 1. The summed E-state index contributed by atoms with van der Waals surface area (Å²) in [6, 6.07) is 14.8. The molecule has 0 aromatic heterocycles. The van der Waals surface area contributed by atoms with E-state index in [4.69, 9.17) is 0 Å². The monoisotopic (exact) mass is 472 g/mol. The van der Waals surface area contributed by atoms with Crippen molar-refractivity contribution in [3.8, 4) is 16.9 Å². The summed E-state index contributed by atoms with van der Waals surface area (Å²) in [7, 11) is 0. The van der Waals surface area contributed by atoms with Gasteiger partial charge in [-0.2, -0.15) is 0 Å². The fraction of sp³-hybridized carbons (Fsp3) is 0.448. The van der Waals surface area contributed by atoms with Gasteiger partial charge < -0.3 is 4.74 Å². The van der Waals surface area contributed by atoms with E-state index in [1.54, 1.807) is 6.07 Å². The quantitative estimate of drug-likeness (QED) is 0.297. The number of fused-ring (bicyclic) bond motifs is 1. The largest absolute Gasteiger partial charge is 0.573 e. The maximum Gasteiger partial charge on any atom is 0.573 e. The van der Waals surface area contributed by atoms with Crippen LogP contribution in [-0.4, -0.2) is 6.36 Å². The number of ether oxygens (including phenoxy) is 1. The minimum Gasteiger partial charge on any atom is -0.406 e. The van der Waals surface area contributed by atoms with E-state index in [2.05, 4.69) is 17.7 Å². The molecule has 4 rings (SSSR count). The van der Waals surface area contributed by atoms with Crippen LogP contribution in [0, 0.1) is 17.7 Å². The van der Waals surface area contributed by atoms with Crippen molar-refractivity contribution in [1.29, 1.82) is 0 Å². The van der Waals surface area contributed by atoms with Gasteiger partial charge in [0.25, 0.3) is 0 Å². The van der Waals surface area contributed by atoms with Crippen molar-refractivity contribution >= 4 is 10.8 Å². The first-order valence-electron chi connectivity index (χ1n) is 12.4. The van der Waals surface area contributed by atoms with E-state index >= 15 is 4.39 Å². The first-order valence-corrected chi connectivity index (χ1v) is 12.4. The van der Waals surface area contributed by atoms with Gasteiger partial charge in [-0.25, -0.2) is 4.39 Å². The fourth-order valence-electron chi connectivity index (χ4n) is 5.23. The van der Waals surface area contributed by atoms with Crippen molar-refractivity contribution in [3.05, 3.63) is 66.0 Å². The first-order chi connectivity index (χ1) is 16.3. The predicted molar refractivity (Wildman–Crippen MR) is 129 cm³/mol. The molecular formula is C29H32F4O. The fourth-order valence-corrected chi connectivity index (χ4v) is 5.23. The highest BCUT2D eigenvalue weighted by Crippen LogP contribution is 2.35. The highest BCUT2D eigenvalue weighted by Gasteiger charge is 2.31. The standard InChI is InChI=1S/C29H32F4O/c1-2-3-4-20-5-7-21(8-6-20)9-10-22-11-17-27-24(19-22)14-18-26(28(27)30)23-12-15-25(16-13-23)34-29(31,32)33/h11-21H,2-10H2,1H3. The number of rotatable bonds is 8. The maximum atomic E-state index is 15.2. The van der Waals surface area contributed by atoms with Crippen LogP contribution in [-0.2, 0) is 6.42 Å². The second-order valence-corrected chi connectivity index (χ2v) is 9.62. The number of hydrogen-bond donors (Lipinski definition) is 0. The zero-order chi connectivity index (χ0) is 24.1. The van der Waals surface area contributed by atoms with Gasteiger partial charge in [0.2, 0.25) is 0 Å². The number of unbranched alkanes of at least 4 members (excludes halogenated alkanes) is 1. The van der Waals surface area contributed by atoms with Crippen LogP contribution in [0.25, 0.3) is 21.9 Å². The van der Waals surface area contributed by atoms with E-state index in [1.165, 1.54) is 81.2 Å². The van der Waals surface area contributed by atoms with E-state index in [0.29, 0.717) is 16.5 Å². The highest BCUT2D eigenvalue weighted by molar-refractivity contribution is 5.88. The van der Waals surface area contributed by atoms with Crippen LogP contribution in [0.4, 0.5) is 17.6 Å². The zero-order valence-electron chi connectivity index (χ0n) is 19.6. The third kappa shape index (κ3) is 6.31. The molecule has 1 saturated carbocycles. The second kappa shape index (κ2) is 10.8. The second-order valence-electron chi connectivity index (χ2n) is 9.62. The molecular weight excluding hydrogens is 440 g/mol. The Labute approximate surface area is 199 Å². The summed E-state index contributed by atoms with van der Waals surface area (Å²) in [5, 5.41) is 1.37. The average molecular weight is 473 g/mol. The van der Waals surface area contributed by atoms with Gasteiger partial charge >= 0.3 is 6.36 Å². The molecule has 1 aliphatic carbocycles. The molecule has 1 nitrogen and oxygen atoms in total. The normalized spacial score (nSPS) is 18.9. The summed E-state index contributed by atoms with van der Waals surface area (Å²) in [5.41, 5.74) is 2.09. The van der Waals surface area contributed by atoms with Crippen molar-refractivity contribution in [2.75, 3.05) is 0 Å². The Morgan fingerprint density at radius 3 is 2.18 bits per heavy atom. The molecule has 1 aliphatic rings. The van der Waals surface area contributed by atoms with Gasteiger partial charge in [-0.3, -0.25) is 0 Å². The van der Waals surface area contributed by atoms with Gasteiger partial charge in [-0.1, -0.05) is 94.3 Å². The number of halogens is 4. The highest BCUT2D eigenvalue weighted by atomic mass is 19.4. The summed E-state index contributed by atoms with van der Waals surface area (Å²) >= 11 is 0. The van der Waals surface area contributed by atoms with Crippen LogP contribution >= 0.6 is 0 Å². The predicted octanol–water partition coefficient (Wildman–Crippen LogP) is 9.47. The van der Waals surface area contributed by atoms with Gasteiger partial charge in [0.15, 0.2) is 0 Å². The Kier molecular flexibility index (Phi) is 7.80. The van der Waals surface area contributed by atoms with Crippen molar-refractivity contribution in [2.45, 2.75) is 71.1 Å². The van der Waals surface area contributed by atoms with E-state index < -0.39 is 6.36 Å². The van der Waals surface area contributed by atoms with Crippen molar-refractivity contribution in [2.24, 2.45) is 11.8 Å². The molecule has 34 heavy (non-hydrogen) atoms. The molecule has 0 spiro atoms. The molecule has 0 bridgehead atoms. The van der Waals surface area contributed by atoms with Crippen LogP contribution in [0.3, 0.4) is 0 Å². The Hall–Kier alpha value is -2.56. The molecule has 0 saturated heterocycles. The van der Waals surface area contributed by atoms with Crippen molar-refractivity contribution in [1.82, 2.24) is 0 Å². The maximum absolute atomic E-state index is 15.2. The van der Waals surface area contributed by atoms with Gasteiger partial charge in [-0.15, -0.1) is 13.2 Å². The summed E-state index contributed by atoms with van der Waals surface area (Å²) < 4.78 is 56.3. The van der Waals surface area contributed by atoms with Crippen molar-refractivity contribution < 1.29 is 22.3 Å². The number of benzene rings is 3. The molecule has 0 heterocycles. The summed E-state index contributed by atoms with van der Waals surface area (Å²) in [5.74, 6) is 1.02. The van der Waals surface area contributed by atoms with Crippen LogP contribution in [0.5, 0.6) is 5.75 Å². The SMILES string of the molecule is CCCCC1CCC(CCc2ccc3c(F)c(-c4ccc(OC(F)(F)F)cc4)ccc3c2)CC1. The molecule has 0 radical (unpaired) electrons. The molecule has 0 aliphatic heterocycles. The first kappa shape index (κ1) is 24.6. The molecule has 0 atom stereocenters. The lowest BCUT2D eigenvalue weighted by Gasteiger charge is -2.28. The minimum atomic E-state index is -4.75. The van der Waals surface area contributed by atoms with E-state index in [9.17, 15) is 13.2 Å². The number of alkyl halides is 3. The third-order valence-corrected chi connectivity index (χ3v) is 7.19. The average Bonchev–Trinajstić information content (AvgIpc) is 2.82. The molecule has 0 amide bonds. The van der Waals surface area contributed by atoms with Gasteiger partial charge in [0.05, 0.1) is 0 Å². The minimum absolute atomic E-state index is 0.323. The Morgan fingerprint density at radius 1 is 0.853 bits per heavy atom. The van der Waals surface area contributed by atoms with E-state index in [0.717, 1.165) is 23.6 Å². The summed E-state index contributed by atoms with van der Waals surface area (Å²) in [4.78, 5) is 0. The summed E-state index contributed by atoms with van der Waals surface area (Å²) in [6.45, 7) is 2.26. The van der Waals surface area contributed by atoms with Gasteiger partial charge in [0, 0.05) is 10.9 Å². The smallest absolute Gasteiger partial charge is 0.406 e. The lowest BCUT2D eigenvalue weighted by Crippen LogP contribution is -2.16. The van der Waals surface area contributed by atoms with E-state index in [1.807, 2.05) is 18.2 Å². The molecule has 0 unspecified atom stereocenters. The Balaban J connectivity index is 1.40. The van der Waals surface area contributed by atoms with Crippen molar-refractivity contribution in [3.63, 3.8) is 0 Å². The van der Waals surface area contributed by atoms with Crippen LogP contribution < -0.4 is 4.74 Å². The number of hydrogen-bond acceptors (Lipinski definition) is 1. The molecule has 3 aromatic rings. The molecule has 1 fully saturated rings. The molecule has 3 aromatic carbocycles. The van der Waals surface area contributed by atoms with Crippen LogP contribution in [0.15, 0.2) is 54.6 Å². The Morgan fingerprint density at radius 2 is 1.53 bits per heavy atom. The van der Waals surface area contributed by atoms with Gasteiger partial charge in [-0.05, 0) is 53.3 Å². The van der Waals surface area contributed by atoms with E-state index in [-0.39, 0.29) is 11.6 Å². The zero-order valence-corrected chi connectivity index (χ0v) is 19.6. The van der Waals surface area contributed by atoms with Crippen LogP contribution in [0.2, 0.25) is 0 Å². The lowest BCUT2D eigenvalue weighted by atomic mass is 9.78.